The maximum Gasteiger partial charge on any atom is 0.244 e. The Kier molecular flexibility index (Phi) is 9.92. The molecule has 0 saturated heterocycles. The van der Waals surface area contributed by atoms with E-state index in [9.17, 15) is 18.0 Å². The minimum atomic E-state index is -3.74. The zero-order valence-electron chi connectivity index (χ0n) is 20.6. The Morgan fingerprint density at radius 3 is 2.29 bits per heavy atom. The van der Waals surface area contributed by atoms with E-state index in [-0.39, 0.29) is 12.5 Å². The highest BCUT2D eigenvalue weighted by Crippen LogP contribution is 2.21. The highest BCUT2D eigenvalue weighted by molar-refractivity contribution is 7.92. The van der Waals surface area contributed by atoms with Gasteiger partial charge in [-0.3, -0.25) is 13.9 Å². The molecule has 0 saturated carbocycles. The third-order valence-electron chi connectivity index (χ3n) is 5.52. The Morgan fingerprint density at radius 1 is 1.06 bits per heavy atom. The molecule has 9 heteroatoms. The molecule has 8 nitrogen and oxygen atoms in total. The summed E-state index contributed by atoms with van der Waals surface area (Å²) in [5.74, 6) is -0.148. The monoisotopic (exact) mass is 489 g/mol. The lowest BCUT2D eigenvalue weighted by Crippen LogP contribution is -2.51. The first-order chi connectivity index (χ1) is 16.1. The quantitative estimate of drug-likeness (QED) is 0.495. The Bertz CT molecular complexity index is 1070. The van der Waals surface area contributed by atoms with Gasteiger partial charge in [0.1, 0.15) is 18.3 Å². The van der Waals surface area contributed by atoms with Crippen LogP contribution in [0.3, 0.4) is 0 Å². The summed E-state index contributed by atoms with van der Waals surface area (Å²) in [4.78, 5) is 27.6. The molecule has 0 aliphatic rings. The van der Waals surface area contributed by atoms with Crippen molar-refractivity contribution in [2.75, 3.05) is 30.8 Å². The molecule has 1 atom stereocenters. The normalized spacial score (nSPS) is 12.0. The van der Waals surface area contributed by atoms with E-state index < -0.39 is 28.5 Å². The van der Waals surface area contributed by atoms with Gasteiger partial charge < -0.3 is 15.0 Å². The Morgan fingerprint density at radius 2 is 1.74 bits per heavy atom. The fourth-order valence-corrected chi connectivity index (χ4v) is 4.31. The van der Waals surface area contributed by atoms with Crippen molar-refractivity contribution in [1.29, 1.82) is 0 Å². The van der Waals surface area contributed by atoms with Crippen molar-refractivity contribution in [2.24, 2.45) is 0 Å². The number of hydrogen-bond donors (Lipinski definition) is 1. The summed E-state index contributed by atoms with van der Waals surface area (Å²) >= 11 is 0. The van der Waals surface area contributed by atoms with E-state index in [0.29, 0.717) is 18.0 Å². The van der Waals surface area contributed by atoms with Gasteiger partial charge in [-0.25, -0.2) is 8.42 Å². The molecule has 0 aromatic heterocycles. The second-order valence-electron chi connectivity index (χ2n) is 8.13. The molecule has 34 heavy (non-hydrogen) atoms. The number of sulfonamides is 1. The number of anilines is 1. The summed E-state index contributed by atoms with van der Waals surface area (Å²) in [5, 5.41) is 2.81. The summed E-state index contributed by atoms with van der Waals surface area (Å²) < 4.78 is 31.5. The van der Waals surface area contributed by atoms with Gasteiger partial charge in [-0.05, 0) is 55.2 Å². The van der Waals surface area contributed by atoms with Crippen LogP contribution in [0.4, 0.5) is 5.69 Å². The highest BCUT2D eigenvalue weighted by Gasteiger charge is 2.30. The minimum absolute atomic E-state index is 0.128. The second-order valence-corrected chi connectivity index (χ2v) is 10.0. The predicted octanol–water partition coefficient (Wildman–Crippen LogP) is 2.97. The number of ether oxygens (including phenoxy) is 1. The van der Waals surface area contributed by atoms with Crippen molar-refractivity contribution in [2.45, 2.75) is 46.2 Å². The van der Waals surface area contributed by atoms with E-state index in [4.69, 9.17) is 4.74 Å². The molecule has 1 N–H and O–H groups in total. The molecule has 2 rings (SSSR count). The van der Waals surface area contributed by atoms with Crippen LogP contribution in [0, 0.1) is 0 Å². The van der Waals surface area contributed by atoms with E-state index in [1.807, 2.05) is 32.0 Å². The van der Waals surface area contributed by atoms with Gasteiger partial charge >= 0.3 is 0 Å². The van der Waals surface area contributed by atoms with Gasteiger partial charge in [0, 0.05) is 13.1 Å². The molecule has 0 aliphatic heterocycles. The lowest BCUT2D eigenvalue weighted by atomic mass is 10.1. The zero-order chi connectivity index (χ0) is 25.3. The Labute approximate surface area is 202 Å². The van der Waals surface area contributed by atoms with Gasteiger partial charge in [0.25, 0.3) is 0 Å². The highest BCUT2D eigenvalue weighted by atomic mass is 32.2. The first-order valence-electron chi connectivity index (χ1n) is 11.4. The van der Waals surface area contributed by atoms with Crippen molar-refractivity contribution < 1.29 is 22.7 Å². The SMILES string of the molecule is CCCNC(=O)[C@H](C)N(Cc1cccc(OC)c1)C(=O)CN(c1ccc(CC)cc1)S(C)(=O)=O. The average Bonchev–Trinajstić information content (AvgIpc) is 2.83. The van der Waals surface area contributed by atoms with Gasteiger partial charge in [0.05, 0.1) is 19.1 Å². The number of aryl methyl sites for hydroxylation is 1. The van der Waals surface area contributed by atoms with Crippen molar-refractivity contribution >= 4 is 27.5 Å². The fraction of sp³-hybridized carbons (Fsp3) is 0.440. The number of carbonyl (C=O) groups is 2. The third kappa shape index (κ3) is 7.48. The van der Waals surface area contributed by atoms with E-state index in [1.165, 1.54) is 4.90 Å². The minimum Gasteiger partial charge on any atom is -0.497 e. The van der Waals surface area contributed by atoms with Gasteiger partial charge in [-0.15, -0.1) is 0 Å². The molecule has 186 valence electrons. The first-order valence-corrected chi connectivity index (χ1v) is 13.2. The van der Waals surface area contributed by atoms with Gasteiger partial charge in [0.15, 0.2) is 0 Å². The van der Waals surface area contributed by atoms with Gasteiger partial charge in [0.2, 0.25) is 21.8 Å². The van der Waals surface area contributed by atoms with Crippen molar-refractivity contribution in [3.63, 3.8) is 0 Å². The molecule has 0 spiro atoms. The summed E-state index contributed by atoms with van der Waals surface area (Å²) in [6.07, 6.45) is 2.65. The number of nitrogens with zero attached hydrogens (tertiary/aromatic N) is 2. The molecule has 0 radical (unpaired) electrons. The molecule has 0 aliphatic carbocycles. The van der Waals surface area contributed by atoms with Gasteiger partial charge in [-0.1, -0.05) is 38.1 Å². The molecular formula is C25H35N3O5S. The van der Waals surface area contributed by atoms with Gasteiger partial charge in [-0.2, -0.15) is 0 Å². The second kappa shape index (κ2) is 12.4. The van der Waals surface area contributed by atoms with Crippen molar-refractivity contribution in [3.8, 4) is 5.75 Å². The lowest BCUT2D eigenvalue weighted by Gasteiger charge is -2.31. The van der Waals surface area contributed by atoms with E-state index in [2.05, 4.69) is 5.32 Å². The van der Waals surface area contributed by atoms with Crippen LogP contribution in [-0.2, 0) is 32.6 Å². The van der Waals surface area contributed by atoms with Crippen LogP contribution in [0.2, 0.25) is 0 Å². The van der Waals surface area contributed by atoms with Crippen LogP contribution < -0.4 is 14.4 Å². The summed E-state index contributed by atoms with van der Waals surface area (Å²) in [7, 11) is -2.19. The summed E-state index contributed by atoms with van der Waals surface area (Å²) in [6, 6.07) is 13.5. The molecule has 2 amide bonds. The smallest absolute Gasteiger partial charge is 0.244 e. The molecule has 0 unspecified atom stereocenters. The number of methoxy groups -OCH3 is 1. The number of hydrogen-bond acceptors (Lipinski definition) is 5. The largest absolute Gasteiger partial charge is 0.497 e. The molecule has 0 heterocycles. The van der Waals surface area contributed by atoms with E-state index >= 15 is 0 Å². The first kappa shape index (κ1) is 27.2. The molecule has 2 aromatic carbocycles. The Balaban J connectivity index is 2.37. The van der Waals surface area contributed by atoms with E-state index in [1.54, 1.807) is 44.4 Å². The van der Waals surface area contributed by atoms with Crippen LogP contribution in [0.25, 0.3) is 0 Å². The summed E-state index contributed by atoms with van der Waals surface area (Å²) in [5.41, 5.74) is 2.22. The molecular weight excluding hydrogens is 454 g/mol. The number of amides is 2. The van der Waals surface area contributed by atoms with Crippen molar-refractivity contribution in [3.05, 3.63) is 59.7 Å². The van der Waals surface area contributed by atoms with Crippen LogP contribution in [0.15, 0.2) is 48.5 Å². The van der Waals surface area contributed by atoms with Crippen LogP contribution in [0.1, 0.15) is 38.3 Å². The standard InChI is InChI=1S/C25H35N3O5S/c1-6-15-26-25(30)19(3)27(17-21-9-8-10-23(16-21)33-4)24(29)18-28(34(5,31)32)22-13-11-20(7-2)12-14-22/h8-14,16,19H,6-7,15,17-18H2,1-5H3,(H,26,30)/t19-/m0/s1. The lowest BCUT2D eigenvalue weighted by molar-refractivity contribution is -0.139. The van der Waals surface area contributed by atoms with Crippen LogP contribution >= 0.6 is 0 Å². The zero-order valence-corrected chi connectivity index (χ0v) is 21.4. The Hall–Kier alpha value is -3.07. The average molecular weight is 490 g/mol. The molecule has 2 aromatic rings. The van der Waals surface area contributed by atoms with E-state index in [0.717, 1.165) is 34.5 Å². The fourth-order valence-electron chi connectivity index (χ4n) is 3.46. The number of nitrogens with one attached hydrogen (secondary N) is 1. The van der Waals surface area contributed by atoms with Crippen LogP contribution in [0.5, 0.6) is 5.75 Å². The topological polar surface area (TPSA) is 96.0 Å². The maximum absolute atomic E-state index is 13.5. The number of rotatable bonds is 12. The summed E-state index contributed by atoms with van der Waals surface area (Å²) in [6.45, 7) is 5.79. The number of carbonyl (C=O) groups excluding carboxylic acids is 2. The molecule has 0 fully saturated rings. The molecule has 0 bridgehead atoms. The predicted molar refractivity (Wildman–Crippen MR) is 134 cm³/mol. The van der Waals surface area contributed by atoms with Crippen LogP contribution in [-0.4, -0.2) is 57.6 Å². The maximum atomic E-state index is 13.5. The van der Waals surface area contributed by atoms with Crippen molar-refractivity contribution in [1.82, 2.24) is 10.2 Å². The third-order valence-corrected chi connectivity index (χ3v) is 6.66. The number of benzene rings is 2.